The van der Waals surface area contributed by atoms with Crippen LogP contribution in [-0.2, 0) is 16.1 Å². The molecule has 112 valence electrons. The van der Waals surface area contributed by atoms with Crippen LogP contribution in [0.5, 0.6) is 5.75 Å². The first-order valence-corrected chi connectivity index (χ1v) is 7.34. The highest BCUT2D eigenvalue weighted by molar-refractivity contribution is 5.75. The molecule has 4 nitrogen and oxygen atoms in total. The predicted octanol–water partition coefficient (Wildman–Crippen LogP) is 2.91. The minimum Gasteiger partial charge on any atom is -0.479 e. The Morgan fingerprint density at radius 1 is 1.20 bits per heavy atom. The molecule has 0 bridgehead atoms. The molecule has 0 spiro atoms. The molecule has 0 aliphatic rings. The first-order chi connectivity index (χ1) is 9.71. The normalized spacial score (nSPS) is 11.9. The number of carbonyl (C=O) groups is 1. The Morgan fingerprint density at radius 2 is 1.90 bits per heavy atom. The summed E-state index contributed by atoms with van der Waals surface area (Å²) in [6.07, 6.45) is 1.19. The molecule has 0 saturated heterocycles. The van der Waals surface area contributed by atoms with E-state index in [-0.39, 0.29) is 5.97 Å². The topological polar surface area (TPSA) is 47.6 Å². The zero-order chi connectivity index (χ0) is 14.8. The molecule has 1 rings (SSSR count). The van der Waals surface area contributed by atoms with Crippen LogP contribution in [0.3, 0.4) is 0 Å². The molecule has 0 fully saturated rings. The van der Waals surface area contributed by atoms with Crippen LogP contribution in [-0.4, -0.2) is 25.2 Å². The van der Waals surface area contributed by atoms with Crippen molar-refractivity contribution in [1.82, 2.24) is 5.32 Å². The van der Waals surface area contributed by atoms with Crippen molar-refractivity contribution < 1.29 is 14.3 Å². The maximum absolute atomic E-state index is 11.7. The summed E-state index contributed by atoms with van der Waals surface area (Å²) in [5, 5.41) is 3.34. The van der Waals surface area contributed by atoms with E-state index < -0.39 is 6.10 Å². The molecule has 4 heteroatoms. The SMILES string of the molecule is CCCNCc1ccc(OC(CC)C(=O)OCC)cc1. The average molecular weight is 279 g/mol. The highest BCUT2D eigenvalue weighted by Crippen LogP contribution is 2.15. The standard InChI is InChI=1S/C16H25NO3/c1-4-11-17-12-13-7-9-14(10-8-13)20-15(5-2)16(18)19-6-3/h7-10,15,17H,4-6,11-12H2,1-3H3. The number of hydrogen-bond donors (Lipinski definition) is 1. The molecule has 20 heavy (non-hydrogen) atoms. The summed E-state index contributed by atoms with van der Waals surface area (Å²) < 4.78 is 10.6. The van der Waals surface area contributed by atoms with Gasteiger partial charge in [-0.1, -0.05) is 26.0 Å². The molecule has 0 aliphatic heterocycles. The summed E-state index contributed by atoms with van der Waals surface area (Å²) in [6, 6.07) is 7.81. The molecule has 0 radical (unpaired) electrons. The minimum atomic E-state index is -0.529. The van der Waals surface area contributed by atoms with Gasteiger partial charge < -0.3 is 14.8 Å². The van der Waals surface area contributed by atoms with Gasteiger partial charge in [0.2, 0.25) is 0 Å². The van der Waals surface area contributed by atoms with Crippen LogP contribution in [0.25, 0.3) is 0 Å². The predicted molar refractivity (Wildman–Crippen MR) is 79.8 cm³/mol. The summed E-state index contributed by atoms with van der Waals surface area (Å²) in [7, 11) is 0. The molecule has 1 N–H and O–H groups in total. The van der Waals surface area contributed by atoms with Crippen molar-refractivity contribution >= 4 is 5.97 Å². The number of rotatable bonds is 9. The van der Waals surface area contributed by atoms with Crippen LogP contribution in [0.1, 0.15) is 39.2 Å². The van der Waals surface area contributed by atoms with Gasteiger partial charge >= 0.3 is 5.97 Å². The van der Waals surface area contributed by atoms with Gasteiger partial charge in [0.1, 0.15) is 5.75 Å². The number of esters is 1. The van der Waals surface area contributed by atoms with E-state index in [9.17, 15) is 4.79 Å². The second-order valence-electron chi connectivity index (χ2n) is 4.59. The summed E-state index contributed by atoms with van der Waals surface area (Å²) in [5.41, 5.74) is 1.20. The largest absolute Gasteiger partial charge is 0.479 e. The third-order valence-electron chi connectivity index (χ3n) is 2.88. The minimum absolute atomic E-state index is 0.302. The zero-order valence-corrected chi connectivity index (χ0v) is 12.6. The monoisotopic (exact) mass is 279 g/mol. The summed E-state index contributed by atoms with van der Waals surface area (Å²) >= 11 is 0. The quantitative estimate of drug-likeness (QED) is 0.558. The summed E-state index contributed by atoms with van der Waals surface area (Å²) in [4.78, 5) is 11.7. The summed E-state index contributed by atoms with van der Waals surface area (Å²) in [5.74, 6) is 0.396. The van der Waals surface area contributed by atoms with Crippen molar-refractivity contribution in [2.75, 3.05) is 13.2 Å². The van der Waals surface area contributed by atoms with Gasteiger partial charge in [-0.3, -0.25) is 0 Å². The van der Waals surface area contributed by atoms with Crippen LogP contribution < -0.4 is 10.1 Å². The van der Waals surface area contributed by atoms with Crippen molar-refractivity contribution in [3.05, 3.63) is 29.8 Å². The van der Waals surface area contributed by atoms with Crippen molar-refractivity contribution in [2.24, 2.45) is 0 Å². The third kappa shape index (κ3) is 5.61. The second kappa shape index (κ2) is 9.37. The van der Waals surface area contributed by atoms with Gasteiger partial charge in [-0.2, -0.15) is 0 Å². The van der Waals surface area contributed by atoms with E-state index in [1.54, 1.807) is 6.92 Å². The molecule has 0 heterocycles. The number of nitrogens with one attached hydrogen (secondary N) is 1. The number of carbonyl (C=O) groups excluding carboxylic acids is 1. The van der Waals surface area contributed by atoms with Gasteiger partial charge in [-0.15, -0.1) is 0 Å². The Labute approximate surface area is 121 Å². The van der Waals surface area contributed by atoms with Gasteiger partial charge in [-0.05, 0) is 44.0 Å². The molecule has 0 aliphatic carbocycles. The van der Waals surface area contributed by atoms with E-state index >= 15 is 0 Å². The van der Waals surface area contributed by atoms with Crippen molar-refractivity contribution in [3.8, 4) is 5.75 Å². The van der Waals surface area contributed by atoms with E-state index in [1.807, 2.05) is 31.2 Å². The maximum atomic E-state index is 11.7. The van der Waals surface area contributed by atoms with E-state index in [4.69, 9.17) is 9.47 Å². The highest BCUT2D eigenvalue weighted by Gasteiger charge is 2.19. The lowest BCUT2D eigenvalue weighted by Gasteiger charge is -2.16. The lowest BCUT2D eigenvalue weighted by molar-refractivity contribution is -0.151. The number of ether oxygens (including phenoxy) is 2. The zero-order valence-electron chi connectivity index (χ0n) is 12.6. The molecule has 0 saturated carbocycles. The molecule has 1 atom stereocenters. The van der Waals surface area contributed by atoms with Gasteiger partial charge in [-0.25, -0.2) is 4.79 Å². The van der Waals surface area contributed by atoms with Crippen molar-refractivity contribution in [2.45, 2.75) is 46.3 Å². The molecule has 0 aromatic heterocycles. The first kappa shape index (κ1) is 16.5. The Bertz CT molecular complexity index is 389. The van der Waals surface area contributed by atoms with Crippen LogP contribution in [0.15, 0.2) is 24.3 Å². The fourth-order valence-electron chi connectivity index (χ4n) is 1.79. The smallest absolute Gasteiger partial charge is 0.347 e. The molecule has 0 amide bonds. The highest BCUT2D eigenvalue weighted by atomic mass is 16.6. The molecule has 1 aromatic rings. The first-order valence-electron chi connectivity index (χ1n) is 7.34. The van der Waals surface area contributed by atoms with Crippen LogP contribution in [0.4, 0.5) is 0 Å². The van der Waals surface area contributed by atoms with E-state index in [0.717, 1.165) is 19.5 Å². The van der Waals surface area contributed by atoms with Crippen LogP contribution >= 0.6 is 0 Å². The molecule has 1 unspecified atom stereocenters. The van der Waals surface area contributed by atoms with Crippen molar-refractivity contribution in [1.29, 1.82) is 0 Å². The molecular formula is C16H25NO3. The number of benzene rings is 1. The van der Waals surface area contributed by atoms with Gasteiger partial charge in [0, 0.05) is 6.54 Å². The van der Waals surface area contributed by atoms with Crippen molar-refractivity contribution in [3.63, 3.8) is 0 Å². The van der Waals surface area contributed by atoms with E-state index in [0.29, 0.717) is 18.8 Å². The van der Waals surface area contributed by atoms with Crippen LogP contribution in [0.2, 0.25) is 0 Å². The van der Waals surface area contributed by atoms with Crippen LogP contribution in [0, 0.1) is 0 Å². The Balaban J connectivity index is 2.52. The average Bonchev–Trinajstić information content (AvgIpc) is 2.46. The Kier molecular flexibility index (Phi) is 7.73. The molecule has 1 aromatic carbocycles. The third-order valence-corrected chi connectivity index (χ3v) is 2.88. The lowest BCUT2D eigenvalue weighted by Crippen LogP contribution is -2.28. The van der Waals surface area contributed by atoms with E-state index in [2.05, 4.69) is 12.2 Å². The molecular weight excluding hydrogens is 254 g/mol. The van der Waals surface area contributed by atoms with Gasteiger partial charge in [0.05, 0.1) is 6.61 Å². The van der Waals surface area contributed by atoms with E-state index in [1.165, 1.54) is 5.56 Å². The fraction of sp³-hybridized carbons (Fsp3) is 0.562. The second-order valence-corrected chi connectivity index (χ2v) is 4.59. The fourth-order valence-corrected chi connectivity index (χ4v) is 1.79. The Hall–Kier alpha value is -1.55. The number of hydrogen-bond acceptors (Lipinski definition) is 4. The lowest BCUT2D eigenvalue weighted by atomic mass is 10.2. The van der Waals surface area contributed by atoms with Gasteiger partial charge in [0.25, 0.3) is 0 Å². The van der Waals surface area contributed by atoms with Gasteiger partial charge in [0.15, 0.2) is 6.10 Å². The maximum Gasteiger partial charge on any atom is 0.347 e. The summed E-state index contributed by atoms with van der Waals surface area (Å²) in [6.45, 7) is 8.08. The Morgan fingerprint density at radius 3 is 2.45 bits per heavy atom.